The molecule has 9 nitrogen and oxygen atoms in total. The van der Waals surface area contributed by atoms with Gasteiger partial charge in [0.15, 0.2) is 5.84 Å². The van der Waals surface area contributed by atoms with E-state index < -0.39 is 10.0 Å². The van der Waals surface area contributed by atoms with Gasteiger partial charge in [-0.2, -0.15) is 9.67 Å². The molecule has 5 N–H and O–H groups in total. The molecule has 29 heavy (non-hydrogen) atoms. The molecule has 2 heterocycles. The van der Waals surface area contributed by atoms with Gasteiger partial charge in [0.05, 0.1) is 10.9 Å². The largest absolute Gasteiger partial charge is 0.368 e. The Balaban J connectivity index is 1.53. The summed E-state index contributed by atoms with van der Waals surface area (Å²) in [7, 11) is -3.74. The number of hydrogen-bond donors (Lipinski definition) is 3. The molecule has 0 amide bonds. The minimum absolute atomic E-state index is 0.0281. The SMILES string of the molecule is Nc1nc(Nc2ccc(S(N)(=O)=O)cc2)nn1C1=NC(C2C=CC=CC2)CC=C1. The Bertz CT molecular complexity index is 1130. The highest BCUT2D eigenvalue weighted by Gasteiger charge is 2.22. The van der Waals surface area contributed by atoms with Gasteiger partial charge in [-0.1, -0.05) is 30.4 Å². The first-order valence-corrected chi connectivity index (χ1v) is 10.7. The first-order valence-electron chi connectivity index (χ1n) is 9.10. The Morgan fingerprint density at radius 2 is 1.90 bits per heavy atom. The molecule has 4 rings (SSSR count). The van der Waals surface area contributed by atoms with Crippen LogP contribution in [0.25, 0.3) is 0 Å². The smallest absolute Gasteiger partial charge is 0.248 e. The third-order valence-electron chi connectivity index (χ3n) is 4.74. The Morgan fingerprint density at radius 1 is 1.10 bits per heavy atom. The van der Waals surface area contributed by atoms with E-state index in [0.29, 0.717) is 17.4 Å². The van der Waals surface area contributed by atoms with Crippen LogP contribution in [-0.2, 0) is 10.0 Å². The first-order chi connectivity index (χ1) is 13.9. The van der Waals surface area contributed by atoms with Crippen molar-refractivity contribution in [3.8, 4) is 0 Å². The van der Waals surface area contributed by atoms with Crippen LogP contribution in [0, 0.1) is 5.92 Å². The third-order valence-corrected chi connectivity index (χ3v) is 5.67. The number of sulfonamides is 1. The van der Waals surface area contributed by atoms with E-state index in [1.807, 2.05) is 12.2 Å². The highest BCUT2D eigenvalue weighted by molar-refractivity contribution is 7.89. The molecular formula is C19H21N7O2S. The molecule has 0 saturated heterocycles. The van der Waals surface area contributed by atoms with Crippen molar-refractivity contribution in [1.82, 2.24) is 14.8 Å². The molecule has 1 aliphatic carbocycles. The summed E-state index contributed by atoms with van der Waals surface area (Å²) < 4.78 is 24.2. The quantitative estimate of drug-likeness (QED) is 0.702. The summed E-state index contributed by atoms with van der Waals surface area (Å²) in [5, 5.41) is 12.5. The van der Waals surface area contributed by atoms with E-state index in [0.717, 1.165) is 12.8 Å². The molecule has 1 aliphatic heterocycles. The lowest BCUT2D eigenvalue weighted by atomic mass is 9.90. The number of anilines is 3. The van der Waals surface area contributed by atoms with E-state index in [4.69, 9.17) is 15.9 Å². The van der Waals surface area contributed by atoms with E-state index in [1.165, 1.54) is 16.8 Å². The van der Waals surface area contributed by atoms with Crippen LogP contribution in [0.1, 0.15) is 12.8 Å². The predicted molar refractivity (Wildman–Crippen MR) is 112 cm³/mol. The minimum Gasteiger partial charge on any atom is -0.368 e. The van der Waals surface area contributed by atoms with Crippen LogP contribution in [0.15, 0.2) is 70.6 Å². The number of hydrogen-bond acceptors (Lipinski definition) is 7. The summed E-state index contributed by atoms with van der Waals surface area (Å²) in [6.07, 6.45) is 14.2. The highest BCUT2D eigenvalue weighted by atomic mass is 32.2. The number of aliphatic imine (C=N–C) groups is 1. The van der Waals surface area contributed by atoms with E-state index in [2.05, 4.69) is 39.7 Å². The van der Waals surface area contributed by atoms with Gasteiger partial charge < -0.3 is 11.1 Å². The topological polar surface area (TPSA) is 141 Å². The van der Waals surface area contributed by atoms with Gasteiger partial charge in [0.25, 0.3) is 0 Å². The predicted octanol–water partition coefficient (Wildman–Crippen LogP) is 1.96. The number of nitrogens with zero attached hydrogens (tertiary/aromatic N) is 4. The number of nitrogen functional groups attached to an aromatic ring is 1. The fourth-order valence-corrected chi connectivity index (χ4v) is 3.78. The van der Waals surface area contributed by atoms with Crippen LogP contribution >= 0.6 is 0 Å². The standard InChI is InChI=1S/C19H21N7O2S/c20-18-24-19(22-14-9-11-15(12-10-14)29(21,27)28)25-26(18)17-8-4-7-16(23-17)13-5-2-1-3-6-13/h1-5,8-13,16H,6-7H2,(H2,21,27,28)(H3,20,22,24,25). The van der Waals surface area contributed by atoms with Gasteiger partial charge in [0.1, 0.15) is 0 Å². The van der Waals surface area contributed by atoms with E-state index in [9.17, 15) is 8.42 Å². The fraction of sp³-hybridized carbons (Fsp3) is 0.211. The molecule has 2 atom stereocenters. The maximum absolute atomic E-state index is 11.4. The molecule has 1 aromatic carbocycles. The van der Waals surface area contributed by atoms with Gasteiger partial charge in [-0.25, -0.2) is 13.6 Å². The van der Waals surface area contributed by atoms with Crippen molar-refractivity contribution in [3.05, 3.63) is 60.7 Å². The summed E-state index contributed by atoms with van der Waals surface area (Å²) in [5.41, 5.74) is 6.65. The van der Waals surface area contributed by atoms with Crippen molar-refractivity contribution in [2.24, 2.45) is 16.0 Å². The molecule has 1 aromatic heterocycles. The van der Waals surface area contributed by atoms with E-state index in [1.54, 1.807) is 12.1 Å². The van der Waals surface area contributed by atoms with Crippen molar-refractivity contribution in [3.63, 3.8) is 0 Å². The maximum atomic E-state index is 11.4. The van der Waals surface area contributed by atoms with Gasteiger partial charge in [-0.05, 0) is 43.2 Å². The van der Waals surface area contributed by atoms with E-state index >= 15 is 0 Å². The molecule has 0 spiro atoms. The number of rotatable bonds is 4. The van der Waals surface area contributed by atoms with Crippen LogP contribution < -0.4 is 16.2 Å². The zero-order valence-corrected chi connectivity index (χ0v) is 16.3. The maximum Gasteiger partial charge on any atom is 0.248 e. The molecule has 10 heteroatoms. The molecule has 2 aromatic rings. The molecule has 150 valence electrons. The number of primary sulfonamides is 1. The first kappa shape index (κ1) is 19.1. The summed E-state index contributed by atoms with van der Waals surface area (Å²) >= 11 is 0. The second kappa shape index (κ2) is 7.64. The summed E-state index contributed by atoms with van der Waals surface area (Å²) in [5.74, 6) is 1.47. The van der Waals surface area contributed by atoms with Crippen molar-refractivity contribution in [1.29, 1.82) is 0 Å². The van der Waals surface area contributed by atoms with Crippen molar-refractivity contribution < 1.29 is 8.42 Å². The van der Waals surface area contributed by atoms with E-state index in [-0.39, 0.29) is 22.8 Å². The van der Waals surface area contributed by atoms with Gasteiger partial charge >= 0.3 is 0 Å². The van der Waals surface area contributed by atoms with Gasteiger partial charge in [0, 0.05) is 11.6 Å². The average Bonchev–Trinajstić information content (AvgIpc) is 3.08. The van der Waals surface area contributed by atoms with Crippen LogP contribution in [-0.4, -0.2) is 35.1 Å². The number of aromatic nitrogens is 3. The monoisotopic (exact) mass is 411 g/mol. The molecule has 0 bridgehead atoms. The van der Waals surface area contributed by atoms with Crippen LogP contribution in [0.4, 0.5) is 17.6 Å². The number of dihydropyridines is 1. The molecule has 2 aliphatic rings. The lowest BCUT2D eigenvalue weighted by Gasteiger charge is -2.23. The number of benzene rings is 1. The second-order valence-electron chi connectivity index (χ2n) is 6.81. The van der Waals surface area contributed by atoms with Crippen LogP contribution in [0.5, 0.6) is 0 Å². The normalized spacial score (nSPS) is 21.2. The van der Waals surface area contributed by atoms with Crippen molar-refractivity contribution in [2.45, 2.75) is 23.8 Å². The zero-order chi connectivity index (χ0) is 20.4. The number of allylic oxidation sites excluding steroid dienone is 4. The fourth-order valence-electron chi connectivity index (χ4n) is 3.26. The van der Waals surface area contributed by atoms with Crippen LogP contribution in [0.3, 0.4) is 0 Å². The average molecular weight is 411 g/mol. The number of nitrogens with two attached hydrogens (primary N) is 2. The summed E-state index contributed by atoms with van der Waals surface area (Å²) in [4.78, 5) is 9.07. The summed E-state index contributed by atoms with van der Waals surface area (Å²) in [6, 6.07) is 6.09. The summed E-state index contributed by atoms with van der Waals surface area (Å²) in [6.45, 7) is 0. The lowest BCUT2D eigenvalue weighted by Crippen LogP contribution is -2.25. The molecular weight excluding hydrogens is 390 g/mol. The Kier molecular flexibility index (Phi) is 5.03. The highest BCUT2D eigenvalue weighted by Crippen LogP contribution is 2.24. The zero-order valence-electron chi connectivity index (χ0n) is 15.5. The van der Waals surface area contributed by atoms with Crippen molar-refractivity contribution in [2.75, 3.05) is 11.1 Å². The van der Waals surface area contributed by atoms with Crippen LogP contribution in [0.2, 0.25) is 0 Å². The second-order valence-corrected chi connectivity index (χ2v) is 8.37. The molecule has 0 fully saturated rings. The van der Waals surface area contributed by atoms with Gasteiger partial charge in [-0.3, -0.25) is 4.99 Å². The third kappa shape index (κ3) is 4.28. The van der Waals surface area contributed by atoms with Gasteiger partial charge in [0.2, 0.25) is 21.9 Å². The van der Waals surface area contributed by atoms with Crippen molar-refractivity contribution >= 4 is 33.4 Å². The molecule has 2 unspecified atom stereocenters. The van der Waals surface area contributed by atoms with Gasteiger partial charge in [-0.15, -0.1) is 5.10 Å². The minimum atomic E-state index is -3.74. The lowest BCUT2D eigenvalue weighted by molar-refractivity contribution is 0.504. The molecule has 0 saturated carbocycles. The number of nitrogens with one attached hydrogen (secondary N) is 1. The Hall–Kier alpha value is -3.24. The Labute approximate surface area is 168 Å². The Morgan fingerprint density at radius 3 is 2.59 bits per heavy atom. The molecule has 0 radical (unpaired) electrons.